The molecule has 3 aliphatic rings. The molecule has 2 aliphatic heterocycles. The summed E-state index contributed by atoms with van der Waals surface area (Å²) in [6.07, 6.45) is 6.52. The molecule has 6 rings (SSSR count). The maximum atomic E-state index is 13.7. The number of nitrogens with one attached hydrogen (secondary N) is 1. The molecule has 1 spiro atoms. The van der Waals surface area contributed by atoms with Gasteiger partial charge in [0.15, 0.2) is 0 Å². The summed E-state index contributed by atoms with van der Waals surface area (Å²) in [6.45, 7) is 2.39. The lowest BCUT2D eigenvalue weighted by molar-refractivity contribution is -0.0222. The van der Waals surface area contributed by atoms with Gasteiger partial charge in [-0.05, 0) is 84.0 Å². The Morgan fingerprint density at radius 3 is 2.37 bits per heavy atom. The number of halogens is 3. The van der Waals surface area contributed by atoms with E-state index >= 15 is 0 Å². The van der Waals surface area contributed by atoms with Crippen molar-refractivity contribution in [1.29, 1.82) is 0 Å². The van der Waals surface area contributed by atoms with Crippen LogP contribution in [0.5, 0.6) is 0 Å². The molecule has 4 heterocycles. The van der Waals surface area contributed by atoms with Crippen molar-refractivity contribution in [3.8, 4) is 0 Å². The molecule has 1 aliphatic carbocycles. The van der Waals surface area contributed by atoms with E-state index in [9.17, 15) is 13.6 Å². The van der Waals surface area contributed by atoms with Gasteiger partial charge in [-0.1, -0.05) is 0 Å². The highest BCUT2D eigenvalue weighted by molar-refractivity contribution is 14.1. The smallest absolute Gasteiger partial charge is 0.258 e. The number of carbonyl (C=O) groups excluding carboxylic acids is 1. The van der Waals surface area contributed by atoms with Crippen molar-refractivity contribution < 1.29 is 13.6 Å². The first-order valence-electron chi connectivity index (χ1n) is 12.3. The Morgan fingerprint density at radius 1 is 0.943 bits per heavy atom. The van der Waals surface area contributed by atoms with E-state index in [2.05, 4.69) is 38.9 Å². The number of carbonyl (C=O) groups is 1. The third-order valence-electron chi connectivity index (χ3n) is 7.85. The molecule has 0 unspecified atom stereocenters. The largest absolute Gasteiger partial charge is 0.371 e. The highest BCUT2D eigenvalue weighted by atomic mass is 127. The molecule has 3 fully saturated rings. The number of hydrogen-bond acceptors (Lipinski definition) is 4. The second-order valence-electron chi connectivity index (χ2n) is 10.2. The van der Waals surface area contributed by atoms with Crippen LogP contribution < -0.4 is 15.1 Å². The summed E-state index contributed by atoms with van der Waals surface area (Å²) < 4.78 is 30.5. The number of hydrogen-bond donors (Lipinski definition) is 1. The summed E-state index contributed by atoms with van der Waals surface area (Å²) >= 11 is 2.29. The van der Waals surface area contributed by atoms with Crippen molar-refractivity contribution in [1.82, 2.24) is 9.38 Å². The van der Waals surface area contributed by atoms with Gasteiger partial charge in [0.1, 0.15) is 5.82 Å². The fourth-order valence-corrected chi connectivity index (χ4v) is 5.86. The van der Waals surface area contributed by atoms with Gasteiger partial charge in [0, 0.05) is 54.9 Å². The number of nitrogens with zero attached hydrogens (tertiary/aromatic N) is 4. The number of alkyl halides is 2. The molecule has 0 radical (unpaired) electrons. The van der Waals surface area contributed by atoms with E-state index < -0.39 is 5.92 Å². The highest BCUT2D eigenvalue weighted by Gasteiger charge is 2.44. The van der Waals surface area contributed by atoms with E-state index in [-0.39, 0.29) is 31.8 Å². The molecular weight excluding hydrogens is 563 g/mol. The molecule has 1 aromatic carbocycles. The average molecular weight is 591 g/mol. The van der Waals surface area contributed by atoms with Gasteiger partial charge in [-0.15, -0.1) is 0 Å². The number of aromatic nitrogens is 2. The maximum Gasteiger partial charge on any atom is 0.258 e. The molecule has 184 valence electrons. The van der Waals surface area contributed by atoms with E-state index in [1.54, 1.807) is 0 Å². The lowest BCUT2D eigenvalue weighted by atomic mass is 9.93. The molecular formula is C26H28F2IN5O. The van der Waals surface area contributed by atoms with Crippen LogP contribution in [-0.2, 0) is 0 Å². The number of anilines is 3. The van der Waals surface area contributed by atoms with Crippen molar-refractivity contribution in [2.24, 2.45) is 5.41 Å². The van der Waals surface area contributed by atoms with Crippen molar-refractivity contribution in [3.05, 3.63) is 51.7 Å². The summed E-state index contributed by atoms with van der Waals surface area (Å²) in [5.41, 5.74) is 3.02. The molecule has 9 heteroatoms. The van der Waals surface area contributed by atoms with Gasteiger partial charge in [-0.25, -0.2) is 8.78 Å². The van der Waals surface area contributed by atoms with Gasteiger partial charge in [0.25, 0.3) is 11.8 Å². The number of rotatable bonds is 4. The molecule has 3 aromatic rings. The Morgan fingerprint density at radius 2 is 1.66 bits per heavy atom. The van der Waals surface area contributed by atoms with Crippen molar-refractivity contribution in [2.75, 3.05) is 41.3 Å². The maximum absolute atomic E-state index is 13.7. The molecule has 1 saturated carbocycles. The van der Waals surface area contributed by atoms with Gasteiger partial charge in [-0.2, -0.15) is 4.98 Å². The SMILES string of the molecule is O=C(Nc1cc2cccn2c(N2CCC(F)(F)CC2)n1)c1ccc(I)cc1N1CCC2(CC1)CC2. The zero-order chi connectivity index (χ0) is 24.2. The monoisotopic (exact) mass is 591 g/mol. The first kappa shape index (κ1) is 23.0. The molecule has 0 bridgehead atoms. The predicted molar refractivity (Wildman–Crippen MR) is 142 cm³/mol. The summed E-state index contributed by atoms with van der Waals surface area (Å²) in [5.74, 6) is -1.84. The fourth-order valence-electron chi connectivity index (χ4n) is 5.39. The zero-order valence-corrected chi connectivity index (χ0v) is 21.6. The Kier molecular flexibility index (Phi) is 5.65. The number of benzene rings is 1. The Balaban J connectivity index is 1.27. The lowest BCUT2D eigenvalue weighted by Crippen LogP contribution is -2.40. The minimum atomic E-state index is -2.63. The zero-order valence-electron chi connectivity index (χ0n) is 19.4. The van der Waals surface area contributed by atoms with Gasteiger partial charge in [0.2, 0.25) is 5.95 Å². The van der Waals surface area contributed by atoms with Gasteiger partial charge in [0.05, 0.1) is 16.8 Å². The summed E-state index contributed by atoms with van der Waals surface area (Å²) in [6, 6.07) is 11.6. The number of amides is 1. The minimum Gasteiger partial charge on any atom is -0.371 e. The van der Waals surface area contributed by atoms with E-state index in [0.29, 0.717) is 22.7 Å². The first-order chi connectivity index (χ1) is 16.8. The van der Waals surface area contributed by atoms with Crippen LogP contribution in [0.4, 0.5) is 26.2 Å². The van der Waals surface area contributed by atoms with Crippen LogP contribution >= 0.6 is 22.6 Å². The first-order valence-corrected chi connectivity index (χ1v) is 13.4. The van der Waals surface area contributed by atoms with Crippen LogP contribution in [0.15, 0.2) is 42.6 Å². The van der Waals surface area contributed by atoms with Crippen LogP contribution in [0, 0.1) is 8.99 Å². The highest BCUT2D eigenvalue weighted by Crippen LogP contribution is 2.54. The van der Waals surface area contributed by atoms with Crippen molar-refractivity contribution in [3.63, 3.8) is 0 Å². The molecule has 1 amide bonds. The van der Waals surface area contributed by atoms with Crippen LogP contribution in [0.3, 0.4) is 0 Å². The van der Waals surface area contributed by atoms with Crippen molar-refractivity contribution >= 4 is 51.5 Å². The Bertz CT molecular complexity index is 1270. The predicted octanol–water partition coefficient (Wildman–Crippen LogP) is 5.81. The molecule has 1 N–H and O–H groups in total. The van der Waals surface area contributed by atoms with Crippen LogP contribution in [0.25, 0.3) is 5.52 Å². The third kappa shape index (κ3) is 4.59. The molecule has 2 saturated heterocycles. The average Bonchev–Trinajstić information content (AvgIpc) is 3.41. The number of piperidine rings is 2. The quantitative estimate of drug-likeness (QED) is 0.390. The van der Waals surface area contributed by atoms with Gasteiger partial charge < -0.3 is 15.1 Å². The van der Waals surface area contributed by atoms with E-state index in [0.717, 1.165) is 27.9 Å². The summed E-state index contributed by atoms with van der Waals surface area (Å²) in [5, 5.41) is 3.00. The van der Waals surface area contributed by atoms with E-state index in [1.807, 2.05) is 45.8 Å². The molecule has 2 aromatic heterocycles. The summed E-state index contributed by atoms with van der Waals surface area (Å²) in [7, 11) is 0. The standard InChI is InChI=1S/C26H28F2IN5O/c27-26(28)9-14-33(15-10-26)24-31-22(17-19-2-1-11-34(19)24)30-23(35)20-4-3-18(29)16-21(20)32-12-7-25(5-6-25)8-13-32/h1-4,11,16-17H,5-10,12-15H2,(H,30,35). The second kappa shape index (κ2) is 8.60. The van der Waals surface area contributed by atoms with Gasteiger partial charge in [-0.3, -0.25) is 9.20 Å². The number of fused-ring (bicyclic) bond motifs is 1. The molecule has 6 nitrogen and oxygen atoms in total. The van der Waals surface area contributed by atoms with Gasteiger partial charge >= 0.3 is 0 Å². The van der Waals surface area contributed by atoms with Crippen LogP contribution in [0.1, 0.15) is 48.9 Å². The fraction of sp³-hybridized carbons (Fsp3) is 0.462. The second-order valence-corrected chi connectivity index (χ2v) is 11.4. The normalized spacial score (nSPS) is 20.9. The topological polar surface area (TPSA) is 52.9 Å². The molecule has 0 atom stereocenters. The van der Waals surface area contributed by atoms with E-state index in [1.165, 1.54) is 25.7 Å². The minimum absolute atomic E-state index is 0.197. The van der Waals surface area contributed by atoms with Crippen LogP contribution in [-0.4, -0.2) is 47.4 Å². The van der Waals surface area contributed by atoms with Crippen molar-refractivity contribution in [2.45, 2.75) is 44.4 Å². The Hall–Kier alpha value is -2.43. The lowest BCUT2D eigenvalue weighted by Gasteiger charge is -2.35. The third-order valence-corrected chi connectivity index (χ3v) is 8.52. The summed E-state index contributed by atoms with van der Waals surface area (Å²) in [4.78, 5) is 22.4. The molecule has 35 heavy (non-hydrogen) atoms. The Labute approximate surface area is 216 Å². The van der Waals surface area contributed by atoms with Crippen LogP contribution in [0.2, 0.25) is 0 Å². The van der Waals surface area contributed by atoms with E-state index in [4.69, 9.17) is 4.98 Å².